The van der Waals surface area contributed by atoms with Crippen LogP contribution in [0.5, 0.6) is 0 Å². The summed E-state index contributed by atoms with van der Waals surface area (Å²) in [7, 11) is 0. The molecule has 1 saturated carbocycles. The number of nitrogens with one attached hydrogen (secondary N) is 1. The van der Waals surface area contributed by atoms with Crippen LogP contribution in [0.2, 0.25) is 0 Å². The minimum Gasteiger partial charge on any atom is -0.310 e. The van der Waals surface area contributed by atoms with Gasteiger partial charge >= 0.3 is 0 Å². The Hall–Kier alpha value is -0.890. The van der Waals surface area contributed by atoms with Crippen molar-refractivity contribution in [2.75, 3.05) is 6.54 Å². The summed E-state index contributed by atoms with van der Waals surface area (Å²) in [5.74, 6) is 0.481. The number of hydrogen-bond acceptors (Lipinski definition) is 1. The minimum absolute atomic E-state index is 0.0798. The van der Waals surface area contributed by atoms with Crippen molar-refractivity contribution in [3.8, 4) is 0 Å². The summed E-state index contributed by atoms with van der Waals surface area (Å²) >= 11 is 0. The molecule has 1 fully saturated rings. The number of hydrogen-bond donors (Lipinski definition) is 1. The topological polar surface area (TPSA) is 12.0 Å². The maximum atomic E-state index is 13.9. The molecule has 0 saturated heterocycles. The molecule has 0 heterocycles. The average molecular weight is 235 g/mol. The van der Waals surface area contributed by atoms with Crippen molar-refractivity contribution in [1.82, 2.24) is 5.32 Å². The van der Waals surface area contributed by atoms with Gasteiger partial charge in [-0.1, -0.05) is 39.0 Å². The third-order valence-electron chi connectivity index (χ3n) is 3.85. The summed E-state index contributed by atoms with van der Waals surface area (Å²) in [6, 6.07) is 7.33. The summed E-state index contributed by atoms with van der Waals surface area (Å²) < 4.78 is 13.9. The lowest BCUT2D eigenvalue weighted by Gasteiger charge is -2.21. The quantitative estimate of drug-likeness (QED) is 0.816. The second-order valence-corrected chi connectivity index (χ2v) is 5.75. The highest BCUT2D eigenvalue weighted by molar-refractivity contribution is 5.25. The maximum Gasteiger partial charge on any atom is 0.127 e. The van der Waals surface area contributed by atoms with Crippen LogP contribution in [0.4, 0.5) is 4.39 Å². The second-order valence-electron chi connectivity index (χ2n) is 5.75. The molecule has 1 aliphatic carbocycles. The van der Waals surface area contributed by atoms with Gasteiger partial charge in [0.2, 0.25) is 0 Å². The molecule has 2 unspecified atom stereocenters. The van der Waals surface area contributed by atoms with Gasteiger partial charge in [-0.2, -0.15) is 0 Å². The number of benzene rings is 1. The summed E-state index contributed by atoms with van der Waals surface area (Å²) in [5, 5.41) is 3.50. The fraction of sp³-hybridized carbons (Fsp3) is 0.600. The van der Waals surface area contributed by atoms with Crippen molar-refractivity contribution in [2.45, 2.75) is 39.7 Å². The third-order valence-corrected chi connectivity index (χ3v) is 3.85. The van der Waals surface area contributed by atoms with Crippen LogP contribution in [0.1, 0.15) is 45.2 Å². The van der Waals surface area contributed by atoms with Gasteiger partial charge in [0, 0.05) is 11.6 Å². The van der Waals surface area contributed by atoms with Crippen molar-refractivity contribution < 1.29 is 4.39 Å². The van der Waals surface area contributed by atoms with Crippen molar-refractivity contribution in [2.24, 2.45) is 11.3 Å². The van der Waals surface area contributed by atoms with Crippen molar-refractivity contribution in [1.29, 1.82) is 0 Å². The Kier molecular flexibility index (Phi) is 3.53. The molecule has 0 bridgehead atoms. The van der Waals surface area contributed by atoms with E-state index in [0.29, 0.717) is 11.3 Å². The lowest BCUT2D eigenvalue weighted by atomic mass is 9.96. The fourth-order valence-electron chi connectivity index (χ4n) is 2.57. The molecule has 17 heavy (non-hydrogen) atoms. The van der Waals surface area contributed by atoms with E-state index in [-0.39, 0.29) is 11.9 Å². The van der Waals surface area contributed by atoms with E-state index >= 15 is 0 Å². The zero-order chi connectivity index (χ0) is 12.5. The lowest BCUT2D eigenvalue weighted by Crippen LogP contribution is -2.26. The van der Waals surface area contributed by atoms with Gasteiger partial charge in [-0.25, -0.2) is 4.39 Å². The first-order valence-electron chi connectivity index (χ1n) is 6.54. The summed E-state index contributed by atoms with van der Waals surface area (Å²) in [5.41, 5.74) is 1.18. The highest BCUT2D eigenvalue weighted by Gasteiger charge is 2.50. The number of rotatable bonds is 5. The summed E-state index contributed by atoms with van der Waals surface area (Å²) in [6.07, 6.45) is 2.26. The highest BCUT2D eigenvalue weighted by Crippen LogP contribution is 2.57. The Labute approximate surface area is 103 Å². The monoisotopic (exact) mass is 235 g/mol. The molecule has 1 N–H and O–H groups in total. The normalized spacial score (nSPS) is 23.4. The molecule has 94 valence electrons. The molecule has 1 aliphatic rings. The second kappa shape index (κ2) is 4.77. The molecule has 1 aromatic rings. The van der Waals surface area contributed by atoms with Gasteiger partial charge < -0.3 is 5.32 Å². The smallest absolute Gasteiger partial charge is 0.127 e. The lowest BCUT2D eigenvalue weighted by molar-refractivity contribution is 0.403. The van der Waals surface area contributed by atoms with Crippen LogP contribution in [-0.2, 0) is 0 Å². The molecule has 0 radical (unpaired) electrons. The molecule has 0 amide bonds. The van der Waals surface area contributed by atoms with Gasteiger partial charge in [-0.15, -0.1) is 0 Å². The van der Waals surface area contributed by atoms with E-state index in [2.05, 4.69) is 26.1 Å². The molecule has 0 aromatic heterocycles. The van der Waals surface area contributed by atoms with E-state index < -0.39 is 0 Å². The molecule has 2 heteroatoms. The van der Waals surface area contributed by atoms with Crippen LogP contribution in [0.3, 0.4) is 0 Å². The van der Waals surface area contributed by atoms with Gasteiger partial charge in [-0.05, 0) is 36.8 Å². The van der Waals surface area contributed by atoms with E-state index in [1.165, 1.54) is 6.42 Å². The highest BCUT2D eigenvalue weighted by atomic mass is 19.1. The third kappa shape index (κ3) is 2.68. The van der Waals surface area contributed by atoms with Crippen molar-refractivity contribution in [3.05, 3.63) is 35.6 Å². The Balaban J connectivity index is 2.19. The molecule has 2 atom stereocenters. The molecule has 2 rings (SSSR count). The van der Waals surface area contributed by atoms with Gasteiger partial charge in [0.1, 0.15) is 5.82 Å². The Morgan fingerprint density at radius 1 is 1.41 bits per heavy atom. The van der Waals surface area contributed by atoms with Crippen LogP contribution >= 0.6 is 0 Å². The van der Waals surface area contributed by atoms with Crippen LogP contribution in [0.15, 0.2) is 24.3 Å². The van der Waals surface area contributed by atoms with Gasteiger partial charge in [0.15, 0.2) is 0 Å². The Bertz CT molecular complexity index is 386. The molecule has 0 aliphatic heterocycles. The molecule has 1 nitrogen and oxygen atoms in total. The van der Waals surface area contributed by atoms with Crippen LogP contribution in [-0.4, -0.2) is 6.54 Å². The first-order chi connectivity index (χ1) is 8.06. The molecule has 0 spiro atoms. The van der Waals surface area contributed by atoms with E-state index in [4.69, 9.17) is 0 Å². The maximum absolute atomic E-state index is 13.9. The average Bonchev–Trinajstić information content (AvgIpc) is 2.91. The first kappa shape index (κ1) is 12.6. The van der Waals surface area contributed by atoms with E-state index in [0.717, 1.165) is 18.5 Å². The zero-order valence-corrected chi connectivity index (χ0v) is 11.0. The van der Waals surface area contributed by atoms with Gasteiger partial charge in [0.05, 0.1) is 0 Å². The first-order valence-corrected chi connectivity index (χ1v) is 6.54. The number of halogens is 1. The predicted molar refractivity (Wildman–Crippen MR) is 69.3 cm³/mol. The largest absolute Gasteiger partial charge is 0.310 e. The molecule has 1 aromatic carbocycles. The van der Waals surface area contributed by atoms with E-state index in [1.807, 2.05) is 12.1 Å². The fourth-order valence-corrected chi connectivity index (χ4v) is 2.57. The summed E-state index contributed by atoms with van der Waals surface area (Å²) in [4.78, 5) is 0. The van der Waals surface area contributed by atoms with Crippen molar-refractivity contribution in [3.63, 3.8) is 0 Å². The SMILES string of the molecule is CCCNC(c1ccccc1F)C1CC1(C)C. The Morgan fingerprint density at radius 2 is 2.06 bits per heavy atom. The van der Waals surface area contributed by atoms with Crippen LogP contribution in [0.25, 0.3) is 0 Å². The predicted octanol–water partition coefficient (Wildman–Crippen LogP) is 3.91. The van der Waals surface area contributed by atoms with Crippen LogP contribution in [0, 0.1) is 17.2 Å². The molecular weight excluding hydrogens is 213 g/mol. The van der Waals surface area contributed by atoms with Crippen molar-refractivity contribution >= 4 is 0 Å². The van der Waals surface area contributed by atoms with Gasteiger partial charge in [0.25, 0.3) is 0 Å². The minimum atomic E-state index is -0.0798. The summed E-state index contributed by atoms with van der Waals surface area (Å²) in [6.45, 7) is 7.62. The van der Waals surface area contributed by atoms with E-state index in [9.17, 15) is 4.39 Å². The van der Waals surface area contributed by atoms with Gasteiger partial charge in [-0.3, -0.25) is 0 Å². The molecular formula is C15H22FN. The Morgan fingerprint density at radius 3 is 2.59 bits per heavy atom. The standard InChI is InChI=1S/C15H22FN/c1-4-9-17-14(12-10-15(12,2)3)11-7-5-6-8-13(11)16/h5-8,12,14,17H,4,9-10H2,1-3H3. The van der Waals surface area contributed by atoms with Crippen LogP contribution < -0.4 is 5.32 Å². The van der Waals surface area contributed by atoms with E-state index in [1.54, 1.807) is 12.1 Å². The zero-order valence-electron chi connectivity index (χ0n) is 11.0.